The second-order valence-corrected chi connectivity index (χ2v) is 3.95. The van der Waals surface area contributed by atoms with Crippen LogP contribution in [0.1, 0.15) is 17.9 Å². The van der Waals surface area contributed by atoms with E-state index in [1.807, 2.05) is 0 Å². The van der Waals surface area contributed by atoms with Gasteiger partial charge in [0.1, 0.15) is 17.5 Å². The van der Waals surface area contributed by atoms with Gasteiger partial charge in [-0.3, -0.25) is 0 Å². The Labute approximate surface area is 83.3 Å². The minimum absolute atomic E-state index is 0.0147. The maximum absolute atomic E-state index is 9.49. The van der Waals surface area contributed by atoms with Gasteiger partial charge in [-0.1, -0.05) is 15.9 Å². The molecule has 0 aromatic carbocycles. The fourth-order valence-corrected chi connectivity index (χ4v) is 1.81. The van der Waals surface area contributed by atoms with Crippen molar-refractivity contribution in [2.45, 2.75) is 17.8 Å². The Morgan fingerprint density at radius 3 is 3.15 bits per heavy atom. The first kappa shape index (κ1) is 8.45. The predicted octanol–water partition coefficient (Wildman–Crippen LogP) is 1.94. The number of nitrogens with zero attached hydrogens (tertiary/aromatic N) is 1. The van der Waals surface area contributed by atoms with Gasteiger partial charge in [-0.15, -0.1) is 0 Å². The van der Waals surface area contributed by atoms with Crippen LogP contribution in [0, 0.1) is 11.3 Å². The summed E-state index contributed by atoms with van der Waals surface area (Å²) in [6.07, 6.45) is 1.61. The van der Waals surface area contributed by atoms with E-state index in [4.69, 9.17) is 9.68 Å². The van der Waals surface area contributed by atoms with E-state index in [0.717, 1.165) is 12.8 Å². The number of fused-ring (bicyclic) bond motifs is 1. The zero-order valence-electron chi connectivity index (χ0n) is 6.67. The van der Waals surface area contributed by atoms with Crippen molar-refractivity contribution >= 4 is 21.6 Å². The van der Waals surface area contributed by atoms with Crippen LogP contribution >= 0.6 is 15.9 Å². The number of nitriles is 1. The second kappa shape index (κ2) is 2.96. The molecule has 1 aromatic rings. The van der Waals surface area contributed by atoms with Gasteiger partial charge in [0.25, 0.3) is 0 Å². The molecule has 0 spiro atoms. The quantitative estimate of drug-likeness (QED) is 0.539. The van der Waals surface area contributed by atoms with Crippen molar-refractivity contribution in [1.82, 2.24) is 0 Å². The van der Waals surface area contributed by atoms with Gasteiger partial charge in [-0.2, -0.15) is 5.26 Å². The third-order valence-electron chi connectivity index (χ3n) is 1.98. The highest BCUT2D eigenvalue weighted by atomic mass is 79.9. The van der Waals surface area contributed by atoms with Crippen molar-refractivity contribution in [3.8, 4) is 11.8 Å². The predicted molar refractivity (Wildman–Crippen MR) is 49.7 cm³/mol. The highest BCUT2D eigenvalue weighted by molar-refractivity contribution is 9.09. The number of hydrogen-bond donors (Lipinski definition) is 2. The summed E-state index contributed by atoms with van der Waals surface area (Å²) in [5, 5.41) is 21.1. The summed E-state index contributed by atoms with van der Waals surface area (Å²) in [5.41, 5.74) is 0.546. The number of hydrogen-bond acceptors (Lipinski definition) is 4. The topological polar surface area (TPSA) is 69.2 Å². The monoisotopic (exact) mass is 242 g/mol. The zero-order valence-corrected chi connectivity index (χ0v) is 8.26. The molecule has 2 N–H and O–H groups in total. The second-order valence-electron chi connectivity index (χ2n) is 2.84. The summed E-state index contributed by atoms with van der Waals surface area (Å²) in [6.45, 7) is 0. The molecular formula is C8H7BrN2O2. The molecule has 1 aromatic heterocycles. The molecule has 1 aliphatic heterocycles. The highest BCUT2D eigenvalue weighted by Crippen LogP contribution is 2.39. The van der Waals surface area contributed by atoms with Gasteiger partial charge in [-0.25, -0.2) is 0 Å². The number of rotatable bonds is 0. The summed E-state index contributed by atoms with van der Waals surface area (Å²) in [7, 11) is 0. The Bertz CT molecular complexity index is 380. The van der Waals surface area contributed by atoms with E-state index in [2.05, 4.69) is 21.2 Å². The maximum atomic E-state index is 9.49. The Balaban J connectivity index is 2.47. The van der Waals surface area contributed by atoms with Crippen LogP contribution < -0.4 is 5.32 Å². The smallest absolute Gasteiger partial charge is 0.247 e. The van der Waals surface area contributed by atoms with Gasteiger partial charge in [0.15, 0.2) is 5.75 Å². The van der Waals surface area contributed by atoms with Gasteiger partial charge < -0.3 is 14.8 Å². The molecule has 0 aliphatic carbocycles. The molecule has 1 atom stereocenters. The van der Waals surface area contributed by atoms with Crippen LogP contribution in [0.25, 0.3) is 0 Å². The van der Waals surface area contributed by atoms with E-state index in [9.17, 15) is 5.11 Å². The largest absolute Gasteiger partial charge is 0.502 e. The Hall–Kier alpha value is -1.15. The average Bonchev–Trinajstić information content (AvgIpc) is 2.44. The van der Waals surface area contributed by atoms with Crippen molar-refractivity contribution in [2.24, 2.45) is 0 Å². The standard InChI is InChI=1S/C8H7BrN2O2/c9-6-2-1-4-7(11-6)8(12)5(3-10)13-4/h6,11-12H,1-2H2. The molecule has 0 amide bonds. The third kappa shape index (κ3) is 1.27. The van der Waals surface area contributed by atoms with Gasteiger partial charge in [0, 0.05) is 6.42 Å². The molecule has 0 radical (unpaired) electrons. The molecule has 13 heavy (non-hydrogen) atoms. The van der Waals surface area contributed by atoms with Crippen molar-refractivity contribution < 1.29 is 9.52 Å². The van der Waals surface area contributed by atoms with E-state index in [1.165, 1.54) is 0 Å². The van der Waals surface area contributed by atoms with Crippen LogP contribution in [0.5, 0.6) is 5.75 Å². The molecular weight excluding hydrogens is 236 g/mol. The van der Waals surface area contributed by atoms with Crippen molar-refractivity contribution in [2.75, 3.05) is 5.32 Å². The van der Waals surface area contributed by atoms with Crippen molar-refractivity contribution in [3.05, 3.63) is 11.5 Å². The molecule has 0 fully saturated rings. The van der Waals surface area contributed by atoms with Crippen LogP contribution in [0.15, 0.2) is 4.42 Å². The zero-order chi connectivity index (χ0) is 9.42. The summed E-state index contributed by atoms with van der Waals surface area (Å²) >= 11 is 3.38. The lowest BCUT2D eigenvalue weighted by Crippen LogP contribution is -2.17. The van der Waals surface area contributed by atoms with Crippen LogP contribution in [-0.2, 0) is 6.42 Å². The van der Waals surface area contributed by atoms with Gasteiger partial charge in [0.05, 0.1) is 4.95 Å². The molecule has 0 bridgehead atoms. The lowest BCUT2D eigenvalue weighted by molar-refractivity contribution is 0.443. The van der Waals surface area contributed by atoms with Gasteiger partial charge in [-0.05, 0) is 6.42 Å². The van der Waals surface area contributed by atoms with E-state index < -0.39 is 0 Å². The lowest BCUT2D eigenvalue weighted by atomic mass is 10.1. The number of alkyl halides is 1. The molecule has 0 saturated carbocycles. The van der Waals surface area contributed by atoms with Crippen LogP contribution in [-0.4, -0.2) is 10.1 Å². The average molecular weight is 243 g/mol. The Morgan fingerprint density at radius 2 is 2.46 bits per heavy atom. The summed E-state index contributed by atoms with van der Waals surface area (Å²) < 4.78 is 5.14. The third-order valence-corrected chi connectivity index (χ3v) is 2.67. The van der Waals surface area contributed by atoms with Crippen molar-refractivity contribution in [3.63, 3.8) is 0 Å². The van der Waals surface area contributed by atoms with E-state index in [1.54, 1.807) is 6.07 Å². The highest BCUT2D eigenvalue weighted by Gasteiger charge is 2.25. The fourth-order valence-electron chi connectivity index (χ4n) is 1.36. The summed E-state index contributed by atoms with van der Waals surface area (Å²) in [5.74, 6) is 0.561. The number of anilines is 1. The number of aryl methyl sites for hydroxylation is 1. The SMILES string of the molecule is N#Cc1oc2c(c1O)NC(Br)CC2. The molecule has 68 valence electrons. The Morgan fingerprint density at radius 1 is 1.69 bits per heavy atom. The van der Waals surface area contributed by atoms with Crippen LogP contribution in [0.4, 0.5) is 5.69 Å². The van der Waals surface area contributed by atoms with E-state index in [0.29, 0.717) is 11.4 Å². The summed E-state index contributed by atoms with van der Waals surface area (Å²) in [4.78, 5) is 0.134. The molecule has 1 unspecified atom stereocenters. The molecule has 2 rings (SSSR count). The first-order chi connectivity index (χ1) is 6.22. The van der Waals surface area contributed by atoms with Crippen LogP contribution in [0.2, 0.25) is 0 Å². The number of nitrogens with one attached hydrogen (secondary N) is 1. The lowest BCUT2D eigenvalue weighted by Gasteiger charge is -2.17. The minimum atomic E-state index is -0.0818. The van der Waals surface area contributed by atoms with Gasteiger partial charge >= 0.3 is 0 Å². The maximum Gasteiger partial charge on any atom is 0.247 e. The summed E-state index contributed by atoms with van der Waals surface area (Å²) in [6, 6.07) is 1.80. The molecule has 5 heteroatoms. The van der Waals surface area contributed by atoms with Crippen molar-refractivity contribution in [1.29, 1.82) is 5.26 Å². The van der Waals surface area contributed by atoms with Crippen LogP contribution in [0.3, 0.4) is 0 Å². The van der Waals surface area contributed by atoms with E-state index in [-0.39, 0.29) is 16.5 Å². The Kier molecular flexibility index (Phi) is 1.93. The number of aromatic hydroxyl groups is 1. The van der Waals surface area contributed by atoms with E-state index >= 15 is 0 Å². The molecule has 4 nitrogen and oxygen atoms in total. The normalized spacial score (nSPS) is 20.2. The first-order valence-electron chi connectivity index (χ1n) is 3.87. The fraction of sp³-hybridized carbons (Fsp3) is 0.375. The molecule has 2 heterocycles. The first-order valence-corrected chi connectivity index (χ1v) is 4.79. The van der Waals surface area contributed by atoms with Gasteiger partial charge in [0.2, 0.25) is 5.76 Å². The number of furan rings is 1. The number of halogens is 1. The molecule has 0 saturated heterocycles. The molecule has 1 aliphatic rings. The minimum Gasteiger partial charge on any atom is -0.502 e.